The van der Waals surface area contributed by atoms with Crippen molar-refractivity contribution in [3.63, 3.8) is 0 Å². The first-order valence-corrected chi connectivity index (χ1v) is 8.93. The van der Waals surface area contributed by atoms with Crippen molar-refractivity contribution in [2.24, 2.45) is 4.99 Å². The molecule has 0 spiro atoms. The van der Waals surface area contributed by atoms with Gasteiger partial charge in [-0.05, 0) is 44.0 Å². The molecule has 0 fully saturated rings. The number of guanidine groups is 1. The molecule has 0 saturated heterocycles. The molecule has 2 rings (SSSR count). The highest BCUT2D eigenvalue weighted by molar-refractivity contribution is 14.0. The number of rotatable bonds is 9. The van der Waals surface area contributed by atoms with Crippen molar-refractivity contribution < 1.29 is 4.74 Å². The van der Waals surface area contributed by atoms with Crippen LogP contribution in [0.1, 0.15) is 25.8 Å². The van der Waals surface area contributed by atoms with Gasteiger partial charge in [0.1, 0.15) is 0 Å². The van der Waals surface area contributed by atoms with Crippen LogP contribution in [-0.2, 0) is 11.3 Å². The number of aromatic nitrogens is 1. The molecule has 2 aromatic rings. The molecular formula is C20H29IN4O. The van der Waals surface area contributed by atoms with Crippen LogP contribution in [0, 0.1) is 0 Å². The van der Waals surface area contributed by atoms with Gasteiger partial charge in [-0.2, -0.15) is 0 Å². The lowest BCUT2D eigenvalue weighted by atomic mass is 10.1. The normalized spacial score (nSPS) is 10.9. The Morgan fingerprint density at radius 2 is 2.00 bits per heavy atom. The number of aliphatic imine (C=N–C) groups is 1. The third-order valence-electron chi connectivity index (χ3n) is 3.61. The number of nitrogens with zero attached hydrogens (tertiary/aromatic N) is 2. The topological polar surface area (TPSA) is 58.5 Å². The molecule has 0 saturated carbocycles. The average molecular weight is 468 g/mol. The molecular weight excluding hydrogens is 439 g/mol. The highest BCUT2D eigenvalue weighted by Crippen LogP contribution is 2.18. The molecule has 0 bridgehead atoms. The van der Waals surface area contributed by atoms with Gasteiger partial charge in [-0.3, -0.25) is 4.98 Å². The van der Waals surface area contributed by atoms with E-state index in [0.29, 0.717) is 6.54 Å². The van der Waals surface area contributed by atoms with E-state index >= 15 is 0 Å². The molecule has 0 radical (unpaired) electrons. The van der Waals surface area contributed by atoms with E-state index in [4.69, 9.17) is 4.74 Å². The Kier molecular flexibility index (Phi) is 11.6. The van der Waals surface area contributed by atoms with Crippen LogP contribution in [0.2, 0.25) is 0 Å². The van der Waals surface area contributed by atoms with E-state index in [1.54, 1.807) is 0 Å². The van der Waals surface area contributed by atoms with Gasteiger partial charge in [0.25, 0.3) is 0 Å². The van der Waals surface area contributed by atoms with Crippen LogP contribution in [0.5, 0.6) is 0 Å². The number of pyridine rings is 1. The number of nitrogens with one attached hydrogen (secondary N) is 2. The number of hydrogen-bond donors (Lipinski definition) is 2. The summed E-state index contributed by atoms with van der Waals surface area (Å²) < 4.78 is 5.35. The van der Waals surface area contributed by atoms with Crippen LogP contribution < -0.4 is 10.6 Å². The summed E-state index contributed by atoms with van der Waals surface area (Å²) in [6.45, 7) is 7.93. The van der Waals surface area contributed by atoms with Crippen LogP contribution in [0.15, 0.2) is 53.7 Å². The molecule has 0 aliphatic heterocycles. The van der Waals surface area contributed by atoms with Gasteiger partial charge in [-0.15, -0.1) is 24.0 Å². The minimum absolute atomic E-state index is 0. The number of halogens is 1. The van der Waals surface area contributed by atoms with Gasteiger partial charge in [-0.25, -0.2) is 4.99 Å². The lowest BCUT2D eigenvalue weighted by Crippen LogP contribution is -2.38. The standard InChI is InChI=1S/C20H28N4O.HI/c1-3-21-20(23-13-8-14-25-4-2)24-16-17-9-7-10-18(15-17)19-11-5-6-12-22-19;/h5-7,9-12,15H,3-4,8,13-14,16H2,1-2H3,(H2,21,23,24);1H. The lowest BCUT2D eigenvalue weighted by Gasteiger charge is -2.11. The van der Waals surface area contributed by atoms with Gasteiger partial charge < -0.3 is 15.4 Å². The van der Waals surface area contributed by atoms with Crippen molar-refractivity contribution in [3.8, 4) is 11.3 Å². The maximum Gasteiger partial charge on any atom is 0.191 e. The van der Waals surface area contributed by atoms with Crippen LogP contribution in [0.3, 0.4) is 0 Å². The fourth-order valence-corrected chi connectivity index (χ4v) is 2.40. The third-order valence-corrected chi connectivity index (χ3v) is 3.61. The lowest BCUT2D eigenvalue weighted by molar-refractivity contribution is 0.145. The van der Waals surface area contributed by atoms with Crippen LogP contribution in [0.25, 0.3) is 11.3 Å². The van der Waals surface area contributed by atoms with E-state index < -0.39 is 0 Å². The van der Waals surface area contributed by atoms with Crippen LogP contribution in [0.4, 0.5) is 0 Å². The smallest absolute Gasteiger partial charge is 0.191 e. The minimum Gasteiger partial charge on any atom is -0.382 e. The van der Waals surface area contributed by atoms with Gasteiger partial charge >= 0.3 is 0 Å². The van der Waals surface area contributed by atoms with Crippen molar-refractivity contribution in [3.05, 3.63) is 54.2 Å². The highest BCUT2D eigenvalue weighted by Gasteiger charge is 2.01. The van der Waals surface area contributed by atoms with Gasteiger partial charge in [0, 0.05) is 38.1 Å². The monoisotopic (exact) mass is 468 g/mol. The van der Waals surface area contributed by atoms with E-state index in [1.165, 1.54) is 0 Å². The molecule has 1 heterocycles. The van der Waals surface area contributed by atoms with Crippen molar-refractivity contribution in [1.29, 1.82) is 0 Å². The van der Waals surface area contributed by atoms with Gasteiger partial charge in [0.05, 0.1) is 12.2 Å². The molecule has 5 nitrogen and oxygen atoms in total. The third kappa shape index (κ3) is 8.14. The second-order valence-corrected chi connectivity index (χ2v) is 5.59. The minimum atomic E-state index is 0. The molecule has 0 atom stereocenters. The first kappa shape index (κ1) is 22.4. The highest BCUT2D eigenvalue weighted by atomic mass is 127. The zero-order valence-electron chi connectivity index (χ0n) is 15.6. The molecule has 0 unspecified atom stereocenters. The summed E-state index contributed by atoms with van der Waals surface area (Å²) >= 11 is 0. The molecule has 0 aliphatic carbocycles. The molecule has 0 amide bonds. The van der Waals surface area contributed by atoms with E-state index in [1.807, 2.05) is 31.3 Å². The Balaban J connectivity index is 0.00000338. The molecule has 1 aromatic carbocycles. The number of benzene rings is 1. The Bertz CT molecular complexity index is 649. The summed E-state index contributed by atoms with van der Waals surface area (Å²) in [6.07, 6.45) is 2.78. The summed E-state index contributed by atoms with van der Waals surface area (Å²) in [4.78, 5) is 9.08. The van der Waals surface area contributed by atoms with Crippen molar-refractivity contribution >= 4 is 29.9 Å². The fraction of sp³-hybridized carbons (Fsp3) is 0.400. The fourth-order valence-electron chi connectivity index (χ4n) is 2.40. The first-order chi connectivity index (χ1) is 12.3. The molecule has 26 heavy (non-hydrogen) atoms. The SMILES string of the molecule is CCNC(=NCc1cccc(-c2ccccn2)c1)NCCCOCC.I. The zero-order valence-corrected chi connectivity index (χ0v) is 17.9. The summed E-state index contributed by atoms with van der Waals surface area (Å²) in [5.74, 6) is 0.835. The Morgan fingerprint density at radius 1 is 1.12 bits per heavy atom. The second-order valence-electron chi connectivity index (χ2n) is 5.59. The van der Waals surface area contributed by atoms with Crippen LogP contribution >= 0.6 is 24.0 Å². The molecule has 142 valence electrons. The van der Waals surface area contributed by atoms with E-state index in [9.17, 15) is 0 Å². The molecule has 0 aliphatic rings. The first-order valence-electron chi connectivity index (χ1n) is 8.93. The van der Waals surface area contributed by atoms with Crippen LogP contribution in [-0.4, -0.2) is 37.2 Å². The maximum atomic E-state index is 5.35. The van der Waals surface area contributed by atoms with E-state index in [-0.39, 0.29) is 24.0 Å². The Hall–Kier alpha value is -1.67. The summed E-state index contributed by atoms with van der Waals surface area (Å²) in [5.41, 5.74) is 3.26. The summed E-state index contributed by atoms with van der Waals surface area (Å²) in [6, 6.07) is 14.3. The average Bonchev–Trinajstić information content (AvgIpc) is 2.67. The predicted molar refractivity (Wildman–Crippen MR) is 119 cm³/mol. The van der Waals surface area contributed by atoms with Gasteiger partial charge in [-0.1, -0.05) is 24.3 Å². The van der Waals surface area contributed by atoms with E-state index in [2.05, 4.69) is 51.8 Å². The largest absolute Gasteiger partial charge is 0.382 e. The maximum absolute atomic E-state index is 5.35. The zero-order chi connectivity index (χ0) is 17.7. The van der Waals surface area contributed by atoms with Crippen molar-refractivity contribution in [2.75, 3.05) is 26.3 Å². The molecule has 1 aromatic heterocycles. The number of ether oxygens (including phenoxy) is 1. The molecule has 6 heteroatoms. The van der Waals surface area contributed by atoms with E-state index in [0.717, 1.165) is 55.5 Å². The molecule has 2 N–H and O–H groups in total. The second kappa shape index (κ2) is 13.5. The quantitative estimate of drug-likeness (QED) is 0.254. The predicted octanol–water partition coefficient (Wildman–Crippen LogP) is 3.85. The van der Waals surface area contributed by atoms with Crippen molar-refractivity contribution in [2.45, 2.75) is 26.8 Å². The van der Waals surface area contributed by atoms with Gasteiger partial charge in [0.2, 0.25) is 0 Å². The van der Waals surface area contributed by atoms with Crippen molar-refractivity contribution in [1.82, 2.24) is 15.6 Å². The van der Waals surface area contributed by atoms with Gasteiger partial charge in [0.15, 0.2) is 5.96 Å². The number of hydrogen-bond acceptors (Lipinski definition) is 3. The summed E-state index contributed by atoms with van der Waals surface area (Å²) in [7, 11) is 0. The summed E-state index contributed by atoms with van der Waals surface area (Å²) in [5, 5.41) is 6.62. The Morgan fingerprint density at radius 3 is 2.73 bits per heavy atom. The Labute approximate surface area is 173 Å².